The summed E-state index contributed by atoms with van der Waals surface area (Å²) in [6.45, 7) is 2.85. The lowest BCUT2D eigenvalue weighted by Crippen LogP contribution is -2.30. The van der Waals surface area contributed by atoms with Gasteiger partial charge in [0, 0.05) is 6.61 Å². The number of rotatable bonds is 7. The third kappa shape index (κ3) is 3.80. The fourth-order valence-corrected chi connectivity index (χ4v) is 2.42. The molecule has 0 fully saturated rings. The summed E-state index contributed by atoms with van der Waals surface area (Å²) in [6.07, 6.45) is 4.40. The third-order valence-electron chi connectivity index (χ3n) is 3.45. The molecule has 0 saturated carbocycles. The van der Waals surface area contributed by atoms with Crippen molar-refractivity contribution in [1.82, 2.24) is 5.32 Å². The van der Waals surface area contributed by atoms with E-state index in [-0.39, 0.29) is 0 Å². The van der Waals surface area contributed by atoms with Crippen molar-refractivity contribution in [1.29, 1.82) is 0 Å². The van der Waals surface area contributed by atoms with Crippen molar-refractivity contribution >= 4 is 0 Å². The monoisotopic (exact) mass is 249 g/mol. The summed E-state index contributed by atoms with van der Waals surface area (Å²) in [6, 6.07) is 8.85. The number of ether oxygens (including phenoxy) is 1. The maximum atomic E-state index is 8.70. The topological polar surface area (TPSA) is 41.5 Å². The zero-order valence-corrected chi connectivity index (χ0v) is 10.9. The van der Waals surface area contributed by atoms with E-state index >= 15 is 0 Å². The van der Waals surface area contributed by atoms with Crippen LogP contribution >= 0.6 is 0 Å². The molecular weight excluding hydrogens is 226 g/mol. The van der Waals surface area contributed by atoms with Gasteiger partial charge in [0.15, 0.2) is 0 Å². The van der Waals surface area contributed by atoms with Gasteiger partial charge in [-0.1, -0.05) is 37.1 Å². The van der Waals surface area contributed by atoms with Crippen LogP contribution in [0.15, 0.2) is 24.3 Å². The van der Waals surface area contributed by atoms with Crippen molar-refractivity contribution in [2.75, 3.05) is 19.8 Å². The Bertz CT molecular complexity index is 354. The molecule has 1 unspecified atom stereocenters. The molecule has 1 aromatic rings. The Hall–Kier alpha value is -0.900. The molecule has 1 aromatic carbocycles. The van der Waals surface area contributed by atoms with Crippen molar-refractivity contribution in [3.8, 4) is 0 Å². The number of hydrogen-bond donors (Lipinski definition) is 2. The second-order valence-electron chi connectivity index (χ2n) is 4.86. The van der Waals surface area contributed by atoms with Crippen LogP contribution in [0.1, 0.15) is 42.9 Å². The van der Waals surface area contributed by atoms with Gasteiger partial charge in [-0.3, -0.25) is 0 Å². The molecule has 100 valence electrons. The van der Waals surface area contributed by atoms with E-state index in [2.05, 4.69) is 29.6 Å². The fourth-order valence-electron chi connectivity index (χ4n) is 2.42. The van der Waals surface area contributed by atoms with Crippen LogP contribution in [0.5, 0.6) is 0 Å². The third-order valence-corrected chi connectivity index (χ3v) is 3.45. The normalized spacial score (nSPS) is 18.6. The SMILES string of the molecule is OCCCCCCNC1COCc2ccccc21. The quantitative estimate of drug-likeness (QED) is 0.729. The summed E-state index contributed by atoms with van der Waals surface area (Å²) in [5.41, 5.74) is 2.70. The lowest BCUT2D eigenvalue weighted by atomic mass is 9.99. The smallest absolute Gasteiger partial charge is 0.0721 e. The molecule has 2 rings (SSSR count). The average molecular weight is 249 g/mol. The standard InChI is InChI=1S/C15H23NO2/c17-10-6-2-1-5-9-16-15-12-18-11-13-7-3-4-8-14(13)15/h3-4,7-8,15-17H,1-2,5-6,9-12H2. The van der Waals surface area contributed by atoms with Gasteiger partial charge in [0.2, 0.25) is 0 Å². The molecule has 3 nitrogen and oxygen atoms in total. The Morgan fingerprint density at radius 1 is 1.17 bits per heavy atom. The summed E-state index contributed by atoms with van der Waals surface area (Å²) in [7, 11) is 0. The number of nitrogens with one attached hydrogen (secondary N) is 1. The van der Waals surface area contributed by atoms with Crippen LogP contribution in [-0.2, 0) is 11.3 Å². The largest absolute Gasteiger partial charge is 0.396 e. The zero-order chi connectivity index (χ0) is 12.6. The van der Waals surface area contributed by atoms with E-state index in [1.165, 1.54) is 24.0 Å². The number of aliphatic hydroxyl groups is 1. The summed E-state index contributed by atoms with van der Waals surface area (Å²) < 4.78 is 5.61. The molecule has 1 atom stereocenters. The van der Waals surface area contributed by atoms with E-state index in [4.69, 9.17) is 9.84 Å². The van der Waals surface area contributed by atoms with Gasteiger partial charge in [0.1, 0.15) is 0 Å². The molecule has 1 aliphatic rings. The average Bonchev–Trinajstić information content (AvgIpc) is 2.43. The first-order valence-electron chi connectivity index (χ1n) is 6.91. The maximum absolute atomic E-state index is 8.70. The first-order chi connectivity index (χ1) is 8.92. The Balaban J connectivity index is 1.74. The van der Waals surface area contributed by atoms with Crippen LogP contribution in [0.25, 0.3) is 0 Å². The highest BCUT2D eigenvalue weighted by atomic mass is 16.5. The lowest BCUT2D eigenvalue weighted by molar-refractivity contribution is 0.0821. The lowest BCUT2D eigenvalue weighted by Gasteiger charge is -2.26. The first-order valence-corrected chi connectivity index (χ1v) is 6.91. The molecule has 3 heteroatoms. The van der Waals surface area contributed by atoms with Gasteiger partial charge >= 0.3 is 0 Å². The van der Waals surface area contributed by atoms with Crippen molar-refractivity contribution in [3.05, 3.63) is 35.4 Å². The highest BCUT2D eigenvalue weighted by Crippen LogP contribution is 2.24. The van der Waals surface area contributed by atoms with Gasteiger partial charge in [-0.2, -0.15) is 0 Å². The Morgan fingerprint density at radius 2 is 2.00 bits per heavy atom. The van der Waals surface area contributed by atoms with E-state index in [0.29, 0.717) is 12.6 Å². The Labute approximate surface area is 109 Å². The summed E-state index contributed by atoms with van der Waals surface area (Å²) in [4.78, 5) is 0. The van der Waals surface area contributed by atoms with Crippen LogP contribution < -0.4 is 5.32 Å². The van der Waals surface area contributed by atoms with Crippen LogP contribution in [0.4, 0.5) is 0 Å². The molecule has 0 saturated heterocycles. The molecule has 0 radical (unpaired) electrons. The van der Waals surface area contributed by atoms with E-state index < -0.39 is 0 Å². The summed E-state index contributed by atoms with van der Waals surface area (Å²) in [5, 5.41) is 12.3. The summed E-state index contributed by atoms with van der Waals surface area (Å²) in [5.74, 6) is 0. The predicted octanol–water partition coefficient (Wildman–Crippen LogP) is 2.40. The highest BCUT2D eigenvalue weighted by molar-refractivity contribution is 5.30. The van der Waals surface area contributed by atoms with E-state index in [0.717, 1.165) is 32.6 Å². The molecule has 0 spiro atoms. The minimum absolute atomic E-state index is 0.317. The minimum atomic E-state index is 0.317. The van der Waals surface area contributed by atoms with Gasteiger partial charge in [-0.25, -0.2) is 0 Å². The van der Waals surface area contributed by atoms with Crippen molar-refractivity contribution in [2.45, 2.75) is 38.3 Å². The zero-order valence-electron chi connectivity index (χ0n) is 10.9. The molecule has 0 aliphatic carbocycles. The number of fused-ring (bicyclic) bond motifs is 1. The number of hydrogen-bond acceptors (Lipinski definition) is 3. The van der Waals surface area contributed by atoms with Gasteiger partial charge in [0.05, 0.1) is 19.3 Å². The molecule has 18 heavy (non-hydrogen) atoms. The molecule has 0 aromatic heterocycles. The highest BCUT2D eigenvalue weighted by Gasteiger charge is 2.18. The fraction of sp³-hybridized carbons (Fsp3) is 0.600. The molecule has 0 bridgehead atoms. The van der Waals surface area contributed by atoms with E-state index in [1.807, 2.05) is 0 Å². The second kappa shape index (κ2) is 7.52. The van der Waals surface area contributed by atoms with Crippen molar-refractivity contribution < 1.29 is 9.84 Å². The molecule has 1 aliphatic heterocycles. The molecular formula is C15H23NO2. The predicted molar refractivity (Wildman–Crippen MR) is 72.4 cm³/mol. The maximum Gasteiger partial charge on any atom is 0.0721 e. The van der Waals surface area contributed by atoms with Gasteiger partial charge in [-0.05, 0) is 30.5 Å². The van der Waals surface area contributed by atoms with Gasteiger partial charge in [-0.15, -0.1) is 0 Å². The number of benzene rings is 1. The number of unbranched alkanes of at least 4 members (excludes halogenated alkanes) is 3. The second-order valence-corrected chi connectivity index (χ2v) is 4.86. The van der Waals surface area contributed by atoms with Crippen molar-refractivity contribution in [2.24, 2.45) is 0 Å². The molecule has 0 amide bonds. The van der Waals surface area contributed by atoms with Crippen LogP contribution in [-0.4, -0.2) is 24.9 Å². The van der Waals surface area contributed by atoms with Gasteiger partial charge < -0.3 is 15.2 Å². The summed E-state index contributed by atoms with van der Waals surface area (Å²) >= 11 is 0. The van der Waals surface area contributed by atoms with E-state index in [1.54, 1.807) is 0 Å². The Kier molecular flexibility index (Phi) is 5.65. The molecule has 1 heterocycles. The molecule has 2 N–H and O–H groups in total. The first kappa shape index (κ1) is 13.5. The van der Waals surface area contributed by atoms with Crippen LogP contribution in [0.3, 0.4) is 0 Å². The van der Waals surface area contributed by atoms with Gasteiger partial charge in [0.25, 0.3) is 0 Å². The minimum Gasteiger partial charge on any atom is -0.396 e. The van der Waals surface area contributed by atoms with Crippen molar-refractivity contribution in [3.63, 3.8) is 0 Å². The van der Waals surface area contributed by atoms with E-state index in [9.17, 15) is 0 Å². The van der Waals surface area contributed by atoms with Crippen LogP contribution in [0.2, 0.25) is 0 Å². The number of aliphatic hydroxyl groups excluding tert-OH is 1. The Morgan fingerprint density at radius 3 is 2.89 bits per heavy atom. The van der Waals surface area contributed by atoms with Crippen LogP contribution in [0, 0.1) is 0 Å².